The Kier molecular flexibility index (Phi) is 8.36. The van der Waals surface area contributed by atoms with E-state index < -0.39 is 0 Å². The molecule has 0 saturated carbocycles. The van der Waals surface area contributed by atoms with Crippen LogP contribution in [0.1, 0.15) is 31.7 Å². The molecule has 24 heavy (non-hydrogen) atoms. The zero-order valence-corrected chi connectivity index (χ0v) is 15.6. The molecule has 1 fully saturated rings. The molecule has 1 aliphatic rings. The summed E-state index contributed by atoms with van der Waals surface area (Å²) >= 11 is 0. The maximum Gasteiger partial charge on any atom is 0.220 e. The predicted molar refractivity (Wildman–Crippen MR) is 98.3 cm³/mol. The summed E-state index contributed by atoms with van der Waals surface area (Å²) in [5.41, 5.74) is 1.30. The summed E-state index contributed by atoms with van der Waals surface area (Å²) in [4.78, 5) is 12.1. The van der Waals surface area contributed by atoms with Crippen LogP contribution in [0, 0.1) is 5.41 Å². The van der Waals surface area contributed by atoms with Gasteiger partial charge >= 0.3 is 0 Å². The fourth-order valence-corrected chi connectivity index (χ4v) is 2.90. The zero-order chi connectivity index (χ0) is 16.7. The minimum Gasteiger partial charge on any atom is -0.493 e. The van der Waals surface area contributed by atoms with Crippen molar-refractivity contribution in [2.45, 2.75) is 32.6 Å². The average Bonchev–Trinajstić information content (AvgIpc) is 2.58. The van der Waals surface area contributed by atoms with Gasteiger partial charge in [0.25, 0.3) is 0 Å². The topological polar surface area (TPSA) is 59.6 Å². The molecule has 2 N–H and O–H groups in total. The monoisotopic (exact) mass is 356 g/mol. The number of methoxy groups -OCH3 is 2. The molecule has 1 aromatic rings. The van der Waals surface area contributed by atoms with Crippen molar-refractivity contribution in [3.8, 4) is 11.5 Å². The standard InChI is InChI=1S/C18H28N2O3.ClH/c1-18(8-10-19-11-9-18)13-20-17(21)7-5-14-4-6-15(22-2)16(12-14)23-3;/h4,6,12,19H,5,7-11,13H2,1-3H3,(H,20,21);1H. The molecular weight excluding hydrogens is 328 g/mol. The zero-order valence-electron chi connectivity index (χ0n) is 14.8. The van der Waals surface area contributed by atoms with Crippen molar-refractivity contribution >= 4 is 18.3 Å². The largest absolute Gasteiger partial charge is 0.493 e. The quantitative estimate of drug-likeness (QED) is 0.788. The summed E-state index contributed by atoms with van der Waals surface area (Å²) in [5.74, 6) is 1.52. The number of hydrogen-bond donors (Lipinski definition) is 2. The first-order valence-electron chi connectivity index (χ1n) is 8.25. The smallest absolute Gasteiger partial charge is 0.220 e. The predicted octanol–water partition coefficient (Wildman–Crippen LogP) is 2.56. The van der Waals surface area contributed by atoms with Gasteiger partial charge in [-0.25, -0.2) is 0 Å². The third-order valence-corrected chi connectivity index (χ3v) is 4.61. The molecule has 0 bridgehead atoms. The van der Waals surface area contributed by atoms with E-state index in [4.69, 9.17) is 9.47 Å². The van der Waals surface area contributed by atoms with Crippen molar-refractivity contribution in [3.05, 3.63) is 23.8 Å². The van der Waals surface area contributed by atoms with E-state index in [1.807, 2.05) is 18.2 Å². The van der Waals surface area contributed by atoms with Crippen LogP contribution in [0.3, 0.4) is 0 Å². The Hall–Kier alpha value is -1.46. The third kappa shape index (κ3) is 5.87. The summed E-state index contributed by atoms with van der Waals surface area (Å²) < 4.78 is 10.5. The van der Waals surface area contributed by atoms with Crippen LogP contribution in [-0.4, -0.2) is 39.8 Å². The normalized spacial score (nSPS) is 16.0. The van der Waals surface area contributed by atoms with E-state index in [0.717, 1.165) is 38.0 Å². The summed E-state index contributed by atoms with van der Waals surface area (Å²) in [6.07, 6.45) is 3.42. The van der Waals surface area contributed by atoms with Crippen LogP contribution in [0.4, 0.5) is 0 Å². The number of benzene rings is 1. The van der Waals surface area contributed by atoms with Crippen molar-refractivity contribution in [1.82, 2.24) is 10.6 Å². The van der Waals surface area contributed by atoms with E-state index in [1.165, 1.54) is 0 Å². The Balaban J connectivity index is 0.00000288. The van der Waals surface area contributed by atoms with Gasteiger partial charge in [0.15, 0.2) is 11.5 Å². The van der Waals surface area contributed by atoms with Crippen LogP contribution >= 0.6 is 12.4 Å². The van der Waals surface area contributed by atoms with E-state index in [-0.39, 0.29) is 23.7 Å². The highest BCUT2D eigenvalue weighted by Gasteiger charge is 2.26. The Morgan fingerprint density at radius 3 is 2.50 bits per heavy atom. The maximum atomic E-state index is 12.1. The van der Waals surface area contributed by atoms with Gasteiger partial charge in [-0.1, -0.05) is 13.0 Å². The lowest BCUT2D eigenvalue weighted by Crippen LogP contribution is -2.42. The molecule has 1 aliphatic heterocycles. The van der Waals surface area contributed by atoms with Crippen molar-refractivity contribution < 1.29 is 14.3 Å². The van der Waals surface area contributed by atoms with Crippen molar-refractivity contribution in [2.75, 3.05) is 33.9 Å². The number of piperidine rings is 1. The molecule has 0 unspecified atom stereocenters. The number of carbonyl (C=O) groups excluding carboxylic acids is 1. The molecule has 1 heterocycles. The SMILES string of the molecule is COc1ccc(CCC(=O)NCC2(C)CCNCC2)cc1OC.Cl. The molecule has 5 nitrogen and oxygen atoms in total. The van der Waals surface area contributed by atoms with E-state index in [0.29, 0.717) is 24.3 Å². The van der Waals surface area contributed by atoms with E-state index in [1.54, 1.807) is 14.2 Å². The van der Waals surface area contributed by atoms with Crippen molar-refractivity contribution in [3.63, 3.8) is 0 Å². The molecule has 0 radical (unpaired) electrons. The number of hydrogen-bond acceptors (Lipinski definition) is 4. The van der Waals surface area contributed by atoms with E-state index >= 15 is 0 Å². The third-order valence-electron chi connectivity index (χ3n) is 4.61. The average molecular weight is 357 g/mol. The van der Waals surface area contributed by atoms with Gasteiger partial charge in [0, 0.05) is 13.0 Å². The number of aryl methyl sites for hydroxylation is 1. The summed E-state index contributed by atoms with van der Waals surface area (Å²) in [7, 11) is 3.24. The van der Waals surface area contributed by atoms with Gasteiger partial charge in [-0.05, 0) is 55.5 Å². The molecule has 0 aromatic heterocycles. The Morgan fingerprint density at radius 2 is 1.88 bits per heavy atom. The van der Waals surface area contributed by atoms with Gasteiger partial charge in [-0.15, -0.1) is 12.4 Å². The molecule has 1 amide bonds. The minimum absolute atomic E-state index is 0. The van der Waals surface area contributed by atoms with Crippen LogP contribution in [-0.2, 0) is 11.2 Å². The molecular formula is C18H29ClN2O3. The molecule has 0 aliphatic carbocycles. The highest BCUT2D eigenvalue weighted by Crippen LogP contribution is 2.28. The van der Waals surface area contributed by atoms with Crippen LogP contribution in [0.25, 0.3) is 0 Å². The van der Waals surface area contributed by atoms with Gasteiger partial charge in [-0.2, -0.15) is 0 Å². The van der Waals surface area contributed by atoms with E-state index in [2.05, 4.69) is 17.6 Å². The first-order valence-corrected chi connectivity index (χ1v) is 8.25. The van der Waals surface area contributed by atoms with Gasteiger partial charge < -0.3 is 20.1 Å². The number of carbonyl (C=O) groups is 1. The number of nitrogens with one attached hydrogen (secondary N) is 2. The number of rotatable bonds is 7. The van der Waals surface area contributed by atoms with Gasteiger partial charge in [0.05, 0.1) is 14.2 Å². The van der Waals surface area contributed by atoms with E-state index in [9.17, 15) is 4.79 Å². The highest BCUT2D eigenvalue weighted by molar-refractivity contribution is 5.85. The second-order valence-corrected chi connectivity index (χ2v) is 6.53. The van der Waals surface area contributed by atoms with Crippen LogP contribution in [0.15, 0.2) is 18.2 Å². The fraction of sp³-hybridized carbons (Fsp3) is 0.611. The Labute approximate surface area is 150 Å². The number of amides is 1. The van der Waals surface area contributed by atoms with Crippen LogP contribution < -0.4 is 20.1 Å². The Morgan fingerprint density at radius 1 is 1.21 bits per heavy atom. The molecule has 1 saturated heterocycles. The molecule has 2 rings (SSSR count). The summed E-state index contributed by atoms with van der Waals surface area (Å²) in [6.45, 7) is 5.10. The summed E-state index contributed by atoms with van der Waals surface area (Å²) in [5, 5.41) is 6.45. The maximum absolute atomic E-state index is 12.1. The Bertz CT molecular complexity index is 531. The number of ether oxygens (including phenoxy) is 2. The number of halogens is 1. The lowest BCUT2D eigenvalue weighted by Gasteiger charge is -2.34. The van der Waals surface area contributed by atoms with Crippen molar-refractivity contribution in [1.29, 1.82) is 0 Å². The summed E-state index contributed by atoms with van der Waals surface area (Å²) in [6, 6.07) is 5.78. The fourth-order valence-electron chi connectivity index (χ4n) is 2.90. The second-order valence-electron chi connectivity index (χ2n) is 6.53. The second kappa shape index (κ2) is 9.74. The van der Waals surface area contributed by atoms with Crippen molar-refractivity contribution in [2.24, 2.45) is 5.41 Å². The first-order chi connectivity index (χ1) is 11.1. The molecule has 6 heteroatoms. The lowest BCUT2D eigenvalue weighted by atomic mass is 9.81. The highest BCUT2D eigenvalue weighted by atomic mass is 35.5. The molecule has 136 valence electrons. The van der Waals surface area contributed by atoms with Crippen LogP contribution in [0.2, 0.25) is 0 Å². The molecule has 0 spiro atoms. The van der Waals surface area contributed by atoms with Gasteiger partial charge in [0.2, 0.25) is 5.91 Å². The first kappa shape index (κ1) is 20.6. The minimum atomic E-state index is 0. The molecule has 0 atom stereocenters. The molecule has 1 aromatic carbocycles. The van der Waals surface area contributed by atoms with Gasteiger partial charge in [-0.3, -0.25) is 4.79 Å². The van der Waals surface area contributed by atoms with Crippen LogP contribution in [0.5, 0.6) is 11.5 Å². The van der Waals surface area contributed by atoms with Gasteiger partial charge in [0.1, 0.15) is 0 Å². The lowest BCUT2D eigenvalue weighted by molar-refractivity contribution is -0.121.